The second-order valence-corrected chi connectivity index (χ2v) is 4.64. The van der Waals surface area contributed by atoms with Crippen LogP contribution in [-0.2, 0) is 4.79 Å². The summed E-state index contributed by atoms with van der Waals surface area (Å²) in [5.41, 5.74) is 1.03. The third-order valence-electron chi connectivity index (χ3n) is 3.14. The highest BCUT2D eigenvalue weighted by Crippen LogP contribution is 2.07. The molecule has 0 bridgehead atoms. The number of amides is 1. The SMILES string of the molecule is CCN(CC)C(=O)CCC(C)C#Cc1ccccc1. The summed E-state index contributed by atoms with van der Waals surface area (Å²) in [7, 11) is 0. The van der Waals surface area contributed by atoms with E-state index in [2.05, 4.69) is 18.8 Å². The van der Waals surface area contributed by atoms with Crippen LogP contribution >= 0.6 is 0 Å². The van der Waals surface area contributed by atoms with Gasteiger partial charge in [-0.25, -0.2) is 0 Å². The number of hydrogen-bond donors (Lipinski definition) is 0. The summed E-state index contributed by atoms with van der Waals surface area (Å²) in [4.78, 5) is 13.7. The molecule has 1 amide bonds. The molecule has 0 N–H and O–H groups in total. The summed E-state index contributed by atoms with van der Waals surface area (Å²) >= 11 is 0. The molecule has 0 aromatic heterocycles. The van der Waals surface area contributed by atoms with Crippen molar-refractivity contribution in [1.29, 1.82) is 0 Å². The van der Waals surface area contributed by atoms with Crippen LogP contribution in [0.2, 0.25) is 0 Å². The van der Waals surface area contributed by atoms with Gasteiger partial charge in [0.2, 0.25) is 5.91 Å². The van der Waals surface area contributed by atoms with Gasteiger partial charge in [-0.05, 0) is 32.4 Å². The molecule has 0 saturated heterocycles. The third kappa shape index (κ3) is 5.61. The predicted molar refractivity (Wildman–Crippen MR) is 79.6 cm³/mol. The summed E-state index contributed by atoms with van der Waals surface area (Å²) < 4.78 is 0. The van der Waals surface area contributed by atoms with Gasteiger partial charge in [0.25, 0.3) is 0 Å². The molecular formula is C17H23NO. The smallest absolute Gasteiger partial charge is 0.222 e. The van der Waals surface area contributed by atoms with E-state index in [-0.39, 0.29) is 11.8 Å². The van der Waals surface area contributed by atoms with Gasteiger partial charge in [-0.3, -0.25) is 4.79 Å². The van der Waals surface area contributed by atoms with Crippen LogP contribution in [0.25, 0.3) is 0 Å². The number of hydrogen-bond acceptors (Lipinski definition) is 1. The first-order valence-corrected chi connectivity index (χ1v) is 7.01. The highest BCUT2D eigenvalue weighted by atomic mass is 16.2. The predicted octanol–water partition coefficient (Wildman–Crippen LogP) is 3.32. The van der Waals surface area contributed by atoms with E-state index in [1.165, 1.54) is 0 Å². The summed E-state index contributed by atoms with van der Waals surface area (Å²) in [6.45, 7) is 7.68. The topological polar surface area (TPSA) is 20.3 Å². The molecule has 1 unspecified atom stereocenters. The Balaban J connectivity index is 2.42. The van der Waals surface area contributed by atoms with E-state index in [0.717, 1.165) is 25.1 Å². The van der Waals surface area contributed by atoms with E-state index in [4.69, 9.17) is 0 Å². The second kappa shape index (κ2) is 8.37. The first kappa shape index (κ1) is 15.3. The molecule has 1 rings (SSSR count). The molecule has 19 heavy (non-hydrogen) atoms. The van der Waals surface area contributed by atoms with Crippen LogP contribution in [0.1, 0.15) is 39.2 Å². The van der Waals surface area contributed by atoms with Crippen molar-refractivity contribution in [2.45, 2.75) is 33.6 Å². The fourth-order valence-electron chi connectivity index (χ4n) is 1.87. The highest BCUT2D eigenvalue weighted by Gasteiger charge is 2.10. The quantitative estimate of drug-likeness (QED) is 0.741. The molecule has 0 heterocycles. The van der Waals surface area contributed by atoms with Crippen LogP contribution < -0.4 is 0 Å². The molecule has 102 valence electrons. The number of carbonyl (C=O) groups excluding carboxylic acids is 1. The number of benzene rings is 1. The first-order valence-electron chi connectivity index (χ1n) is 7.01. The minimum Gasteiger partial charge on any atom is -0.343 e. The minimum atomic E-state index is 0.235. The summed E-state index contributed by atoms with van der Waals surface area (Å²) in [6.07, 6.45) is 1.42. The van der Waals surface area contributed by atoms with Crippen molar-refractivity contribution in [2.24, 2.45) is 5.92 Å². The zero-order valence-electron chi connectivity index (χ0n) is 12.1. The Labute approximate surface area is 116 Å². The second-order valence-electron chi connectivity index (χ2n) is 4.64. The standard InChI is InChI=1S/C17H23NO/c1-4-18(5-2)17(19)14-12-15(3)11-13-16-9-7-6-8-10-16/h6-10,15H,4-5,12,14H2,1-3H3. The normalized spacial score (nSPS) is 11.3. The average molecular weight is 257 g/mol. The summed E-state index contributed by atoms with van der Waals surface area (Å²) in [5.74, 6) is 6.84. The first-order chi connectivity index (χ1) is 9.17. The van der Waals surface area contributed by atoms with Crippen molar-refractivity contribution in [3.8, 4) is 11.8 Å². The van der Waals surface area contributed by atoms with Crippen LogP contribution in [-0.4, -0.2) is 23.9 Å². The number of nitrogens with zero attached hydrogens (tertiary/aromatic N) is 1. The van der Waals surface area contributed by atoms with Gasteiger partial charge in [-0.15, -0.1) is 0 Å². The fraction of sp³-hybridized carbons (Fsp3) is 0.471. The Kier molecular flexibility index (Phi) is 6.74. The largest absolute Gasteiger partial charge is 0.343 e. The van der Waals surface area contributed by atoms with Crippen molar-refractivity contribution in [1.82, 2.24) is 4.90 Å². The molecule has 1 aromatic carbocycles. The van der Waals surface area contributed by atoms with Crippen LogP contribution in [0.5, 0.6) is 0 Å². The van der Waals surface area contributed by atoms with Gasteiger partial charge in [0.1, 0.15) is 0 Å². The highest BCUT2D eigenvalue weighted by molar-refractivity contribution is 5.76. The van der Waals surface area contributed by atoms with Crippen molar-refractivity contribution < 1.29 is 4.79 Å². The monoisotopic (exact) mass is 257 g/mol. The van der Waals surface area contributed by atoms with E-state index in [0.29, 0.717) is 6.42 Å². The number of rotatable bonds is 5. The Morgan fingerprint density at radius 2 is 1.84 bits per heavy atom. The summed E-state index contributed by atoms with van der Waals surface area (Å²) in [5, 5.41) is 0. The van der Waals surface area contributed by atoms with Gasteiger partial charge in [0.15, 0.2) is 0 Å². The zero-order chi connectivity index (χ0) is 14.1. The Morgan fingerprint density at radius 3 is 2.42 bits per heavy atom. The molecule has 2 nitrogen and oxygen atoms in total. The van der Waals surface area contributed by atoms with E-state index in [1.54, 1.807) is 0 Å². The lowest BCUT2D eigenvalue weighted by Crippen LogP contribution is -2.30. The van der Waals surface area contributed by atoms with Crippen LogP contribution in [0, 0.1) is 17.8 Å². The maximum absolute atomic E-state index is 11.9. The molecule has 0 radical (unpaired) electrons. The van der Waals surface area contributed by atoms with Crippen molar-refractivity contribution in [2.75, 3.05) is 13.1 Å². The lowest BCUT2D eigenvalue weighted by Gasteiger charge is -2.18. The van der Waals surface area contributed by atoms with Gasteiger partial charge < -0.3 is 4.90 Å². The average Bonchev–Trinajstić information content (AvgIpc) is 2.45. The van der Waals surface area contributed by atoms with E-state index >= 15 is 0 Å². The Morgan fingerprint density at radius 1 is 1.21 bits per heavy atom. The van der Waals surface area contributed by atoms with E-state index in [1.807, 2.05) is 49.1 Å². The Bertz CT molecular complexity index is 437. The van der Waals surface area contributed by atoms with Crippen LogP contribution in [0.15, 0.2) is 30.3 Å². The molecule has 2 heteroatoms. The fourth-order valence-corrected chi connectivity index (χ4v) is 1.87. The molecular weight excluding hydrogens is 234 g/mol. The lowest BCUT2D eigenvalue weighted by atomic mass is 10.0. The van der Waals surface area contributed by atoms with Crippen LogP contribution in [0.4, 0.5) is 0 Å². The molecule has 0 aliphatic heterocycles. The van der Waals surface area contributed by atoms with Crippen molar-refractivity contribution >= 4 is 5.91 Å². The van der Waals surface area contributed by atoms with Gasteiger partial charge in [-0.2, -0.15) is 0 Å². The van der Waals surface area contributed by atoms with E-state index < -0.39 is 0 Å². The molecule has 0 saturated carbocycles. The molecule has 1 aromatic rings. The van der Waals surface area contributed by atoms with Gasteiger partial charge in [-0.1, -0.05) is 37.0 Å². The summed E-state index contributed by atoms with van der Waals surface area (Å²) in [6, 6.07) is 9.95. The molecule has 0 aliphatic carbocycles. The molecule has 0 fully saturated rings. The zero-order valence-corrected chi connectivity index (χ0v) is 12.1. The minimum absolute atomic E-state index is 0.235. The third-order valence-corrected chi connectivity index (χ3v) is 3.14. The van der Waals surface area contributed by atoms with E-state index in [9.17, 15) is 4.79 Å². The number of carbonyl (C=O) groups is 1. The lowest BCUT2D eigenvalue weighted by molar-refractivity contribution is -0.131. The molecule has 1 atom stereocenters. The van der Waals surface area contributed by atoms with Gasteiger partial charge >= 0.3 is 0 Å². The van der Waals surface area contributed by atoms with Crippen molar-refractivity contribution in [3.05, 3.63) is 35.9 Å². The Hall–Kier alpha value is -1.75. The van der Waals surface area contributed by atoms with Gasteiger partial charge in [0.05, 0.1) is 0 Å². The van der Waals surface area contributed by atoms with Crippen molar-refractivity contribution in [3.63, 3.8) is 0 Å². The molecule has 0 spiro atoms. The maximum Gasteiger partial charge on any atom is 0.222 e. The van der Waals surface area contributed by atoms with Crippen LogP contribution in [0.3, 0.4) is 0 Å². The maximum atomic E-state index is 11.9. The van der Waals surface area contributed by atoms with Gasteiger partial charge in [0, 0.05) is 31.0 Å². The molecule has 0 aliphatic rings.